The zero-order valence-corrected chi connectivity index (χ0v) is 11.3. The van der Waals surface area contributed by atoms with E-state index in [0.717, 1.165) is 0 Å². The molecule has 0 aliphatic heterocycles. The molecule has 0 heterocycles. The standard InChI is InChI=1S/C10H8.C3H8O2.C2H6O/c1-2-6-10-8-4-3-7-9(10)5-1;1-4-3-5-2;1-2-3/h1-8H;3H2,1-2H3;3H,2H2,1H3. The van der Waals surface area contributed by atoms with Gasteiger partial charge in [0, 0.05) is 20.8 Å². The molecular weight excluding hydrogens is 228 g/mol. The van der Waals surface area contributed by atoms with Gasteiger partial charge in [-0.25, -0.2) is 0 Å². The minimum absolute atomic E-state index is 0.250. The highest BCUT2D eigenvalue weighted by Gasteiger charge is 1.85. The Hall–Kier alpha value is -1.42. The molecule has 0 unspecified atom stereocenters. The molecule has 0 bridgehead atoms. The maximum absolute atomic E-state index is 7.57. The highest BCUT2D eigenvalue weighted by molar-refractivity contribution is 5.81. The number of ether oxygens (including phenoxy) is 2. The number of aliphatic hydroxyl groups excluding tert-OH is 1. The van der Waals surface area contributed by atoms with Gasteiger partial charge in [-0.15, -0.1) is 0 Å². The van der Waals surface area contributed by atoms with Crippen LogP contribution in [0.5, 0.6) is 0 Å². The summed E-state index contributed by atoms with van der Waals surface area (Å²) in [7, 11) is 3.17. The van der Waals surface area contributed by atoms with Crippen molar-refractivity contribution >= 4 is 10.8 Å². The summed E-state index contributed by atoms with van der Waals surface area (Å²) in [6.07, 6.45) is 0. The molecule has 0 aromatic heterocycles. The lowest BCUT2D eigenvalue weighted by molar-refractivity contribution is -0.00271. The third-order valence-electron chi connectivity index (χ3n) is 1.89. The monoisotopic (exact) mass is 250 g/mol. The predicted molar refractivity (Wildman–Crippen MR) is 75.6 cm³/mol. The molecule has 2 aromatic rings. The van der Waals surface area contributed by atoms with Gasteiger partial charge in [0.2, 0.25) is 0 Å². The minimum atomic E-state index is 0.250. The zero-order chi connectivity index (χ0) is 13.6. The summed E-state index contributed by atoms with van der Waals surface area (Å²) in [6, 6.07) is 16.7. The third kappa shape index (κ3) is 7.79. The molecule has 2 aromatic carbocycles. The molecule has 0 saturated carbocycles. The first-order valence-corrected chi connectivity index (χ1v) is 5.82. The maximum atomic E-state index is 7.57. The number of fused-ring (bicyclic) bond motifs is 1. The largest absolute Gasteiger partial charge is 0.397 e. The van der Waals surface area contributed by atoms with Crippen molar-refractivity contribution in [2.75, 3.05) is 27.6 Å². The van der Waals surface area contributed by atoms with Gasteiger partial charge in [-0.2, -0.15) is 0 Å². The van der Waals surface area contributed by atoms with E-state index in [1.165, 1.54) is 10.8 Å². The zero-order valence-electron chi connectivity index (χ0n) is 11.3. The van der Waals surface area contributed by atoms with Gasteiger partial charge >= 0.3 is 0 Å². The third-order valence-corrected chi connectivity index (χ3v) is 1.89. The quantitative estimate of drug-likeness (QED) is 0.832. The summed E-state index contributed by atoms with van der Waals surface area (Å²) < 4.78 is 8.94. The molecule has 0 radical (unpaired) electrons. The van der Waals surface area contributed by atoms with Crippen molar-refractivity contribution in [1.82, 2.24) is 0 Å². The van der Waals surface area contributed by atoms with Crippen molar-refractivity contribution < 1.29 is 14.6 Å². The fraction of sp³-hybridized carbons (Fsp3) is 0.333. The molecule has 3 heteroatoms. The van der Waals surface area contributed by atoms with Crippen LogP contribution < -0.4 is 0 Å². The van der Waals surface area contributed by atoms with Gasteiger partial charge in [-0.05, 0) is 17.7 Å². The Kier molecular flexibility index (Phi) is 11.1. The molecule has 2 rings (SSSR count). The normalized spacial score (nSPS) is 8.89. The van der Waals surface area contributed by atoms with Crippen LogP contribution in [0.4, 0.5) is 0 Å². The molecule has 0 aliphatic carbocycles. The van der Waals surface area contributed by atoms with Crippen molar-refractivity contribution in [3.63, 3.8) is 0 Å². The molecule has 0 aliphatic rings. The highest BCUT2D eigenvalue weighted by Crippen LogP contribution is 2.11. The highest BCUT2D eigenvalue weighted by atomic mass is 16.6. The summed E-state index contributed by atoms with van der Waals surface area (Å²) >= 11 is 0. The van der Waals surface area contributed by atoms with Gasteiger partial charge in [-0.1, -0.05) is 48.5 Å². The van der Waals surface area contributed by atoms with Gasteiger partial charge in [-0.3, -0.25) is 0 Å². The van der Waals surface area contributed by atoms with E-state index in [2.05, 4.69) is 58.0 Å². The summed E-state index contributed by atoms with van der Waals surface area (Å²) in [5, 5.41) is 10.2. The number of benzene rings is 2. The van der Waals surface area contributed by atoms with E-state index < -0.39 is 0 Å². The minimum Gasteiger partial charge on any atom is -0.397 e. The Morgan fingerprint density at radius 3 is 1.28 bits per heavy atom. The van der Waals surface area contributed by atoms with Crippen LogP contribution in [-0.2, 0) is 9.47 Å². The van der Waals surface area contributed by atoms with Gasteiger partial charge in [0.1, 0.15) is 6.79 Å². The number of rotatable bonds is 2. The van der Waals surface area contributed by atoms with Crippen LogP contribution in [0.2, 0.25) is 0 Å². The van der Waals surface area contributed by atoms with Crippen LogP contribution in [0.15, 0.2) is 48.5 Å². The first-order valence-electron chi connectivity index (χ1n) is 5.82. The molecule has 0 saturated heterocycles. The summed E-state index contributed by atoms with van der Waals surface area (Å²) in [4.78, 5) is 0. The topological polar surface area (TPSA) is 38.7 Å². The SMILES string of the molecule is CCO.COCOC.c1ccc2ccccc2c1. The maximum Gasteiger partial charge on any atom is 0.145 e. The van der Waals surface area contributed by atoms with Crippen molar-refractivity contribution in [2.24, 2.45) is 0 Å². The van der Waals surface area contributed by atoms with E-state index in [1.54, 1.807) is 21.1 Å². The van der Waals surface area contributed by atoms with Gasteiger partial charge in [0.05, 0.1) is 0 Å². The second kappa shape index (κ2) is 12.0. The van der Waals surface area contributed by atoms with Gasteiger partial charge in [0.25, 0.3) is 0 Å². The van der Waals surface area contributed by atoms with Crippen molar-refractivity contribution in [3.8, 4) is 0 Å². The van der Waals surface area contributed by atoms with Crippen LogP contribution in [0.3, 0.4) is 0 Å². The van der Waals surface area contributed by atoms with E-state index in [0.29, 0.717) is 6.79 Å². The summed E-state index contributed by atoms with van der Waals surface area (Å²) in [5.41, 5.74) is 0. The second-order valence-corrected chi connectivity index (χ2v) is 3.36. The van der Waals surface area contributed by atoms with Crippen LogP contribution >= 0.6 is 0 Å². The van der Waals surface area contributed by atoms with E-state index in [4.69, 9.17) is 5.11 Å². The average molecular weight is 250 g/mol. The lowest BCUT2D eigenvalue weighted by Gasteiger charge is -1.92. The first kappa shape index (κ1) is 16.6. The molecule has 3 nitrogen and oxygen atoms in total. The van der Waals surface area contributed by atoms with Crippen molar-refractivity contribution in [1.29, 1.82) is 0 Å². The molecule has 1 N–H and O–H groups in total. The van der Waals surface area contributed by atoms with E-state index in [1.807, 2.05) is 0 Å². The Balaban J connectivity index is 0.000000309. The van der Waals surface area contributed by atoms with E-state index in [-0.39, 0.29) is 6.61 Å². The molecule has 0 fully saturated rings. The molecule has 100 valence electrons. The first-order chi connectivity index (χ1) is 8.79. The van der Waals surface area contributed by atoms with Crippen molar-refractivity contribution in [2.45, 2.75) is 6.92 Å². The fourth-order valence-electron chi connectivity index (χ4n) is 1.25. The van der Waals surface area contributed by atoms with Crippen LogP contribution in [0, 0.1) is 0 Å². The number of hydrogen-bond donors (Lipinski definition) is 1. The molecular formula is C15H22O3. The van der Waals surface area contributed by atoms with Gasteiger partial charge < -0.3 is 14.6 Å². The predicted octanol–water partition coefficient (Wildman–Crippen LogP) is 3.08. The molecule has 0 spiro atoms. The van der Waals surface area contributed by atoms with Crippen LogP contribution in [-0.4, -0.2) is 32.7 Å². The van der Waals surface area contributed by atoms with Crippen LogP contribution in [0.25, 0.3) is 10.8 Å². The Morgan fingerprint density at radius 2 is 1.11 bits per heavy atom. The molecule has 0 amide bonds. The Bertz CT molecular complexity index is 334. The Morgan fingerprint density at radius 1 is 0.833 bits per heavy atom. The lowest BCUT2D eigenvalue weighted by Crippen LogP contribution is -1.87. The Labute approximate surface area is 109 Å². The smallest absolute Gasteiger partial charge is 0.145 e. The number of aliphatic hydroxyl groups is 1. The molecule has 18 heavy (non-hydrogen) atoms. The summed E-state index contributed by atoms with van der Waals surface area (Å²) in [6.45, 7) is 2.32. The fourth-order valence-corrected chi connectivity index (χ4v) is 1.25. The van der Waals surface area contributed by atoms with E-state index >= 15 is 0 Å². The number of methoxy groups -OCH3 is 2. The lowest BCUT2D eigenvalue weighted by atomic mass is 10.1. The average Bonchev–Trinajstić information content (AvgIpc) is 2.41. The van der Waals surface area contributed by atoms with Crippen LogP contribution in [0.1, 0.15) is 6.92 Å². The van der Waals surface area contributed by atoms with Gasteiger partial charge in [0.15, 0.2) is 0 Å². The number of hydrogen-bond acceptors (Lipinski definition) is 3. The van der Waals surface area contributed by atoms with E-state index in [9.17, 15) is 0 Å². The second-order valence-electron chi connectivity index (χ2n) is 3.36. The van der Waals surface area contributed by atoms with Crippen molar-refractivity contribution in [3.05, 3.63) is 48.5 Å². The molecule has 0 atom stereocenters. The summed E-state index contributed by atoms with van der Waals surface area (Å²) in [5.74, 6) is 0.